The molecule has 2 unspecified atom stereocenters. The number of likely N-dealkylation sites (tertiary alicyclic amines) is 1. The highest BCUT2D eigenvalue weighted by Gasteiger charge is 2.40. The Morgan fingerprint density at radius 1 is 1.17 bits per heavy atom. The molecule has 0 radical (unpaired) electrons. The van der Waals surface area contributed by atoms with Crippen LogP contribution < -0.4 is 5.32 Å². The number of rotatable bonds is 8. The highest BCUT2D eigenvalue weighted by Crippen LogP contribution is 2.35. The molecule has 0 spiro atoms. The van der Waals surface area contributed by atoms with Crippen LogP contribution in [0.2, 0.25) is 5.02 Å². The van der Waals surface area contributed by atoms with Crippen molar-refractivity contribution in [2.24, 2.45) is 5.92 Å². The van der Waals surface area contributed by atoms with Gasteiger partial charge in [-0.05, 0) is 54.2 Å². The van der Waals surface area contributed by atoms with Crippen molar-refractivity contribution in [2.75, 3.05) is 18.9 Å². The molecule has 1 saturated heterocycles. The molecule has 0 bridgehead atoms. The number of anilines is 1. The van der Waals surface area contributed by atoms with Gasteiger partial charge in [0, 0.05) is 43.7 Å². The van der Waals surface area contributed by atoms with Gasteiger partial charge < -0.3 is 15.3 Å². The summed E-state index contributed by atoms with van der Waals surface area (Å²) in [6.45, 7) is 2.47. The van der Waals surface area contributed by atoms with Crippen molar-refractivity contribution in [2.45, 2.75) is 32.1 Å². The van der Waals surface area contributed by atoms with Crippen molar-refractivity contribution in [3.05, 3.63) is 82.6 Å². The monoisotopic (exact) mass is 505 g/mol. The van der Waals surface area contributed by atoms with E-state index in [1.165, 1.54) is 0 Å². The van der Waals surface area contributed by atoms with E-state index in [2.05, 4.69) is 10.3 Å². The first-order valence-electron chi connectivity index (χ1n) is 11.8. The highest BCUT2D eigenvalue weighted by atomic mass is 35.5. The van der Waals surface area contributed by atoms with E-state index in [0.29, 0.717) is 30.1 Å². The maximum atomic E-state index is 13.7. The zero-order valence-corrected chi connectivity index (χ0v) is 21.0. The SMILES string of the molecule is Cc1c(CCC(=O)O)cccc1NC(=O)C(c1ccc(-c2cncc(Cl)c2)cc1)C1CCN(C)C1=O. The number of amides is 2. The fourth-order valence-electron chi connectivity index (χ4n) is 4.72. The normalized spacial score (nSPS) is 16.1. The predicted octanol–water partition coefficient (Wildman–Crippen LogP) is 4.93. The van der Waals surface area contributed by atoms with Gasteiger partial charge in [-0.2, -0.15) is 0 Å². The first-order valence-corrected chi connectivity index (χ1v) is 12.2. The average Bonchev–Trinajstić information content (AvgIpc) is 3.18. The molecule has 186 valence electrons. The molecule has 1 aliphatic rings. The lowest BCUT2D eigenvalue weighted by atomic mass is 9.83. The number of carbonyl (C=O) groups excluding carboxylic acids is 2. The molecule has 2 atom stereocenters. The van der Waals surface area contributed by atoms with E-state index in [4.69, 9.17) is 16.7 Å². The molecule has 1 aliphatic heterocycles. The molecule has 2 amide bonds. The van der Waals surface area contributed by atoms with Crippen molar-refractivity contribution in [1.82, 2.24) is 9.88 Å². The summed E-state index contributed by atoms with van der Waals surface area (Å²) in [5.41, 5.74) is 4.82. The van der Waals surface area contributed by atoms with Crippen LogP contribution in [0, 0.1) is 12.8 Å². The van der Waals surface area contributed by atoms with E-state index >= 15 is 0 Å². The number of carboxylic acid groups (broad SMARTS) is 1. The van der Waals surface area contributed by atoms with Gasteiger partial charge in [-0.1, -0.05) is 48.0 Å². The minimum Gasteiger partial charge on any atom is -0.481 e. The first-order chi connectivity index (χ1) is 17.2. The molecule has 2 aromatic carbocycles. The molecule has 1 fully saturated rings. The van der Waals surface area contributed by atoms with Crippen LogP contribution in [-0.4, -0.2) is 46.4 Å². The van der Waals surface area contributed by atoms with E-state index in [-0.39, 0.29) is 18.2 Å². The molecule has 0 saturated carbocycles. The van der Waals surface area contributed by atoms with Crippen molar-refractivity contribution < 1.29 is 19.5 Å². The Hall–Kier alpha value is -3.71. The highest BCUT2D eigenvalue weighted by molar-refractivity contribution is 6.30. The average molecular weight is 506 g/mol. The van der Waals surface area contributed by atoms with Gasteiger partial charge in [0.1, 0.15) is 0 Å². The van der Waals surface area contributed by atoms with Crippen LogP contribution in [0.25, 0.3) is 11.1 Å². The Bertz CT molecular complexity index is 1290. The van der Waals surface area contributed by atoms with Gasteiger partial charge >= 0.3 is 5.97 Å². The number of halogens is 1. The van der Waals surface area contributed by atoms with Crippen LogP contribution in [0.15, 0.2) is 60.9 Å². The van der Waals surface area contributed by atoms with E-state index in [1.807, 2.05) is 43.3 Å². The first kappa shape index (κ1) is 25.4. The largest absolute Gasteiger partial charge is 0.481 e. The maximum absolute atomic E-state index is 13.7. The zero-order valence-electron chi connectivity index (χ0n) is 20.2. The summed E-state index contributed by atoms with van der Waals surface area (Å²) in [4.78, 5) is 43.4. The summed E-state index contributed by atoms with van der Waals surface area (Å²) >= 11 is 6.08. The Kier molecular flexibility index (Phi) is 7.70. The third-order valence-corrected chi connectivity index (χ3v) is 6.98. The molecule has 7 nitrogen and oxygen atoms in total. The Balaban J connectivity index is 1.63. The van der Waals surface area contributed by atoms with Crippen LogP contribution >= 0.6 is 11.6 Å². The minimum atomic E-state index is -0.871. The molecule has 2 heterocycles. The second-order valence-corrected chi connectivity index (χ2v) is 9.56. The van der Waals surface area contributed by atoms with Gasteiger partial charge in [0.05, 0.1) is 16.9 Å². The number of pyridine rings is 1. The molecule has 3 aromatic rings. The molecule has 4 rings (SSSR count). The summed E-state index contributed by atoms with van der Waals surface area (Å²) in [5.74, 6) is -2.32. The number of hydrogen-bond acceptors (Lipinski definition) is 4. The minimum absolute atomic E-state index is 0.0122. The number of carboxylic acids is 1. The predicted molar refractivity (Wildman–Crippen MR) is 139 cm³/mol. The molecule has 2 N–H and O–H groups in total. The summed E-state index contributed by atoms with van der Waals surface area (Å²) in [6, 6.07) is 14.9. The Morgan fingerprint density at radius 2 is 1.92 bits per heavy atom. The van der Waals surface area contributed by atoms with Crippen LogP contribution in [-0.2, 0) is 20.8 Å². The Morgan fingerprint density at radius 3 is 2.56 bits per heavy atom. The molecule has 8 heteroatoms. The topological polar surface area (TPSA) is 99.6 Å². The third-order valence-electron chi connectivity index (χ3n) is 6.77. The summed E-state index contributed by atoms with van der Waals surface area (Å²) in [5, 5.41) is 12.6. The van der Waals surface area contributed by atoms with E-state index in [0.717, 1.165) is 27.8 Å². The second-order valence-electron chi connectivity index (χ2n) is 9.12. The fourth-order valence-corrected chi connectivity index (χ4v) is 4.89. The van der Waals surface area contributed by atoms with E-state index in [1.54, 1.807) is 36.5 Å². The molecular formula is C28H28ClN3O4. The van der Waals surface area contributed by atoms with Crippen LogP contribution in [0.1, 0.15) is 35.4 Å². The summed E-state index contributed by atoms with van der Waals surface area (Å²) in [7, 11) is 1.75. The zero-order chi connectivity index (χ0) is 25.8. The van der Waals surface area contributed by atoms with Crippen LogP contribution in [0.5, 0.6) is 0 Å². The number of nitrogens with one attached hydrogen (secondary N) is 1. The fraction of sp³-hybridized carbons (Fsp3) is 0.286. The number of nitrogens with zero attached hydrogens (tertiary/aromatic N) is 2. The van der Waals surface area contributed by atoms with Crippen molar-refractivity contribution in [3.63, 3.8) is 0 Å². The lowest BCUT2D eigenvalue weighted by Crippen LogP contribution is -2.33. The lowest BCUT2D eigenvalue weighted by molar-refractivity contribution is -0.137. The number of aliphatic carboxylic acids is 1. The number of aryl methyl sites for hydroxylation is 1. The number of carbonyl (C=O) groups is 3. The number of benzene rings is 2. The van der Waals surface area contributed by atoms with E-state index < -0.39 is 17.8 Å². The summed E-state index contributed by atoms with van der Waals surface area (Å²) < 4.78 is 0. The lowest BCUT2D eigenvalue weighted by Gasteiger charge is -2.23. The van der Waals surface area contributed by atoms with Crippen molar-refractivity contribution in [3.8, 4) is 11.1 Å². The van der Waals surface area contributed by atoms with Gasteiger partial charge in [0.25, 0.3) is 0 Å². The number of hydrogen-bond donors (Lipinski definition) is 2. The standard InChI is InChI=1S/C28H28ClN3O4/c1-17-18(10-11-25(33)34)4-3-5-24(17)31-27(35)26(23-12-13-32(2)28(23)36)20-8-6-19(7-9-20)21-14-22(29)16-30-15-21/h3-9,14-16,23,26H,10-13H2,1-2H3,(H,31,35)(H,33,34). The van der Waals surface area contributed by atoms with Gasteiger partial charge in [-0.3, -0.25) is 19.4 Å². The van der Waals surface area contributed by atoms with Gasteiger partial charge in [-0.25, -0.2) is 0 Å². The van der Waals surface area contributed by atoms with E-state index in [9.17, 15) is 14.4 Å². The Labute approximate surface area is 215 Å². The van der Waals surface area contributed by atoms with Crippen LogP contribution in [0.4, 0.5) is 5.69 Å². The van der Waals surface area contributed by atoms with Gasteiger partial charge in [0.15, 0.2) is 0 Å². The molecule has 1 aromatic heterocycles. The van der Waals surface area contributed by atoms with Gasteiger partial charge in [0.2, 0.25) is 11.8 Å². The summed E-state index contributed by atoms with van der Waals surface area (Å²) in [6.07, 6.45) is 4.27. The molecule has 36 heavy (non-hydrogen) atoms. The van der Waals surface area contributed by atoms with Crippen LogP contribution in [0.3, 0.4) is 0 Å². The smallest absolute Gasteiger partial charge is 0.303 e. The van der Waals surface area contributed by atoms with Crippen molar-refractivity contribution in [1.29, 1.82) is 0 Å². The third kappa shape index (κ3) is 5.57. The number of aromatic nitrogens is 1. The maximum Gasteiger partial charge on any atom is 0.303 e. The quantitative estimate of drug-likeness (QED) is 0.452. The molecular weight excluding hydrogens is 478 g/mol. The molecule has 0 aliphatic carbocycles. The van der Waals surface area contributed by atoms with Crippen molar-refractivity contribution >= 4 is 35.1 Å². The van der Waals surface area contributed by atoms with Gasteiger partial charge in [-0.15, -0.1) is 0 Å². The second kappa shape index (κ2) is 10.9.